The first-order chi connectivity index (χ1) is 13.9. The molecule has 2 heterocycles. The number of hydrogen-bond acceptors (Lipinski definition) is 6. The molecule has 0 aliphatic carbocycles. The molecule has 0 atom stereocenters. The molecular formula is C20H20Cl2N6O. The van der Waals surface area contributed by atoms with Gasteiger partial charge in [0.15, 0.2) is 0 Å². The lowest BCUT2D eigenvalue weighted by molar-refractivity contribution is 0.102. The number of amides is 1. The summed E-state index contributed by atoms with van der Waals surface area (Å²) < 4.78 is 0. The van der Waals surface area contributed by atoms with Gasteiger partial charge in [-0.2, -0.15) is 4.98 Å². The average Bonchev–Trinajstić information content (AvgIpc) is 2.67. The molecule has 3 rings (SSSR count). The highest BCUT2D eigenvalue weighted by molar-refractivity contribution is 6.40. The molecule has 0 radical (unpaired) electrons. The maximum Gasteiger partial charge on any atom is 0.258 e. The molecule has 150 valence electrons. The molecule has 0 aliphatic rings. The van der Waals surface area contributed by atoms with Crippen molar-refractivity contribution in [2.75, 3.05) is 29.6 Å². The summed E-state index contributed by atoms with van der Waals surface area (Å²) in [5, 5.41) is 6.52. The van der Waals surface area contributed by atoms with Crippen molar-refractivity contribution >= 4 is 52.4 Å². The molecule has 3 aromatic rings. The molecule has 0 saturated heterocycles. The van der Waals surface area contributed by atoms with Crippen molar-refractivity contribution < 1.29 is 4.79 Å². The van der Waals surface area contributed by atoms with Gasteiger partial charge in [-0.25, -0.2) is 9.97 Å². The Morgan fingerprint density at radius 1 is 1.07 bits per heavy atom. The molecule has 1 amide bonds. The van der Waals surface area contributed by atoms with Crippen LogP contribution < -0.4 is 15.5 Å². The largest absolute Gasteiger partial charge is 0.347 e. The highest BCUT2D eigenvalue weighted by atomic mass is 35.5. The molecule has 2 N–H and O–H groups in total. The number of aryl methyl sites for hydroxylation is 1. The second-order valence-corrected chi connectivity index (χ2v) is 7.21. The zero-order valence-corrected chi connectivity index (χ0v) is 17.7. The van der Waals surface area contributed by atoms with Crippen molar-refractivity contribution in [1.82, 2.24) is 15.0 Å². The molecule has 0 unspecified atom stereocenters. The maximum absolute atomic E-state index is 12.6. The molecule has 29 heavy (non-hydrogen) atoms. The first-order valence-corrected chi connectivity index (χ1v) is 9.66. The third kappa shape index (κ3) is 5.13. The normalized spacial score (nSPS) is 10.5. The number of carbonyl (C=O) groups excluding carboxylic acids is 1. The van der Waals surface area contributed by atoms with Gasteiger partial charge < -0.3 is 15.5 Å². The number of nitrogens with one attached hydrogen (secondary N) is 2. The summed E-state index contributed by atoms with van der Waals surface area (Å²) in [4.78, 5) is 27.7. The molecule has 0 bridgehead atoms. The number of benzene rings is 1. The fourth-order valence-electron chi connectivity index (χ4n) is 2.54. The van der Waals surface area contributed by atoms with Crippen LogP contribution in [0.4, 0.5) is 23.3 Å². The van der Waals surface area contributed by atoms with Crippen LogP contribution in [0.1, 0.15) is 23.0 Å². The van der Waals surface area contributed by atoms with E-state index in [4.69, 9.17) is 23.2 Å². The fourth-order valence-corrected chi connectivity index (χ4v) is 3.11. The van der Waals surface area contributed by atoms with E-state index in [2.05, 4.69) is 25.6 Å². The van der Waals surface area contributed by atoms with Crippen molar-refractivity contribution in [2.45, 2.75) is 13.3 Å². The molecule has 0 fully saturated rings. The second kappa shape index (κ2) is 9.07. The standard InChI is InChI=1S/C20H20Cl2N6O/c1-4-12-10-17(27-20(25-12)28(2)3)26-16-11-13(8-9-23-16)24-19(29)18-14(21)6-5-7-15(18)22/h5-11H,4H2,1-3H3,(H2,23,24,25,26,27,29). The summed E-state index contributed by atoms with van der Waals surface area (Å²) in [6.45, 7) is 2.03. The molecular weight excluding hydrogens is 411 g/mol. The van der Waals surface area contributed by atoms with E-state index >= 15 is 0 Å². The highest BCUT2D eigenvalue weighted by Crippen LogP contribution is 2.26. The van der Waals surface area contributed by atoms with Crippen molar-refractivity contribution in [3.05, 3.63) is 63.9 Å². The van der Waals surface area contributed by atoms with E-state index < -0.39 is 5.91 Å². The topological polar surface area (TPSA) is 83.0 Å². The van der Waals surface area contributed by atoms with Gasteiger partial charge in [0.2, 0.25) is 5.95 Å². The predicted octanol–water partition coefficient (Wildman–Crippen LogP) is 4.80. The zero-order valence-electron chi connectivity index (χ0n) is 16.2. The number of halogens is 2. The number of nitrogens with zero attached hydrogens (tertiary/aromatic N) is 4. The van der Waals surface area contributed by atoms with Crippen LogP contribution in [0.15, 0.2) is 42.6 Å². The Bertz CT molecular complexity index is 1020. The van der Waals surface area contributed by atoms with E-state index in [1.807, 2.05) is 32.0 Å². The van der Waals surface area contributed by atoms with Crippen molar-refractivity contribution in [2.24, 2.45) is 0 Å². The van der Waals surface area contributed by atoms with Gasteiger partial charge in [-0.1, -0.05) is 36.2 Å². The van der Waals surface area contributed by atoms with Gasteiger partial charge in [-0.05, 0) is 24.6 Å². The summed E-state index contributed by atoms with van der Waals surface area (Å²) >= 11 is 12.2. The molecule has 2 aromatic heterocycles. The highest BCUT2D eigenvalue weighted by Gasteiger charge is 2.15. The third-order valence-electron chi connectivity index (χ3n) is 3.99. The SMILES string of the molecule is CCc1cc(Nc2cc(NC(=O)c3c(Cl)cccc3Cl)ccn2)nc(N(C)C)n1. The fraction of sp³-hybridized carbons (Fsp3) is 0.200. The second-order valence-electron chi connectivity index (χ2n) is 6.40. The summed E-state index contributed by atoms with van der Waals surface area (Å²) in [6.07, 6.45) is 2.36. The summed E-state index contributed by atoms with van der Waals surface area (Å²) in [5.74, 6) is 1.34. The van der Waals surface area contributed by atoms with Crippen LogP contribution in [0, 0.1) is 0 Å². The van der Waals surface area contributed by atoms with Gasteiger partial charge in [0.25, 0.3) is 5.91 Å². The minimum Gasteiger partial charge on any atom is -0.347 e. The maximum atomic E-state index is 12.6. The van der Waals surface area contributed by atoms with Gasteiger partial charge in [-0.15, -0.1) is 0 Å². The monoisotopic (exact) mass is 430 g/mol. The smallest absolute Gasteiger partial charge is 0.258 e. The Morgan fingerprint density at radius 2 is 1.79 bits per heavy atom. The molecule has 0 aliphatic heterocycles. The number of pyridine rings is 1. The van der Waals surface area contributed by atoms with Gasteiger partial charge in [-0.3, -0.25) is 4.79 Å². The van der Waals surface area contributed by atoms with E-state index in [-0.39, 0.29) is 15.6 Å². The number of anilines is 4. The van der Waals surface area contributed by atoms with E-state index in [9.17, 15) is 4.79 Å². The number of hydrogen-bond donors (Lipinski definition) is 2. The lowest BCUT2D eigenvalue weighted by Crippen LogP contribution is -2.15. The van der Waals surface area contributed by atoms with Crippen LogP contribution >= 0.6 is 23.2 Å². The molecule has 7 nitrogen and oxygen atoms in total. The molecule has 1 aromatic carbocycles. The number of aromatic nitrogens is 3. The van der Waals surface area contributed by atoms with Gasteiger partial charge >= 0.3 is 0 Å². The van der Waals surface area contributed by atoms with Gasteiger partial charge in [0, 0.05) is 43.8 Å². The Balaban J connectivity index is 1.82. The van der Waals surface area contributed by atoms with E-state index in [0.717, 1.165) is 12.1 Å². The van der Waals surface area contributed by atoms with Crippen LogP contribution in [0.25, 0.3) is 0 Å². The van der Waals surface area contributed by atoms with Crippen LogP contribution in [0.2, 0.25) is 10.0 Å². The van der Waals surface area contributed by atoms with Gasteiger partial charge in [0.1, 0.15) is 11.6 Å². The predicted molar refractivity (Wildman–Crippen MR) is 118 cm³/mol. The molecule has 0 saturated carbocycles. The first-order valence-electron chi connectivity index (χ1n) is 8.91. The first kappa shape index (κ1) is 20.8. The quantitative estimate of drug-likeness (QED) is 0.583. The van der Waals surface area contributed by atoms with Crippen LogP contribution in [0.5, 0.6) is 0 Å². The van der Waals surface area contributed by atoms with Crippen LogP contribution in [-0.4, -0.2) is 35.0 Å². The van der Waals surface area contributed by atoms with E-state index in [0.29, 0.717) is 23.3 Å². The van der Waals surface area contributed by atoms with Crippen molar-refractivity contribution in [3.8, 4) is 0 Å². The molecule has 0 spiro atoms. The summed E-state index contributed by atoms with van der Waals surface area (Å²) in [7, 11) is 3.76. The van der Waals surface area contributed by atoms with Gasteiger partial charge in [0.05, 0.1) is 15.6 Å². The number of rotatable bonds is 6. The van der Waals surface area contributed by atoms with Crippen molar-refractivity contribution in [1.29, 1.82) is 0 Å². The number of carbonyl (C=O) groups is 1. The van der Waals surface area contributed by atoms with Crippen LogP contribution in [-0.2, 0) is 6.42 Å². The molecule has 9 heteroatoms. The lowest BCUT2D eigenvalue weighted by Gasteiger charge is -2.14. The Kier molecular flexibility index (Phi) is 6.51. The Morgan fingerprint density at radius 3 is 2.45 bits per heavy atom. The summed E-state index contributed by atoms with van der Waals surface area (Å²) in [6, 6.07) is 10.2. The Hall–Kier alpha value is -2.90. The minimum absolute atomic E-state index is 0.223. The zero-order chi connectivity index (χ0) is 21.0. The van der Waals surface area contributed by atoms with E-state index in [1.165, 1.54) is 0 Å². The third-order valence-corrected chi connectivity index (χ3v) is 4.62. The average molecular weight is 431 g/mol. The minimum atomic E-state index is -0.400. The lowest BCUT2D eigenvalue weighted by atomic mass is 10.2. The summed E-state index contributed by atoms with van der Waals surface area (Å²) in [5.41, 5.74) is 1.67. The van der Waals surface area contributed by atoms with E-state index in [1.54, 1.807) is 36.5 Å². The Labute approximate surface area is 179 Å². The van der Waals surface area contributed by atoms with Crippen molar-refractivity contribution in [3.63, 3.8) is 0 Å². The van der Waals surface area contributed by atoms with Crippen LogP contribution in [0.3, 0.4) is 0 Å².